The molecule has 7 heteroatoms. The topological polar surface area (TPSA) is 89.0 Å². The Morgan fingerprint density at radius 3 is 2.84 bits per heavy atom. The van der Waals surface area contributed by atoms with Crippen LogP contribution in [0.1, 0.15) is 38.6 Å². The van der Waals surface area contributed by atoms with E-state index in [4.69, 9.17) is 14.5 Å². The third kappa shape index (κ3) is 3.39. The lowest BCUT2D eigenvalue weighted by atomic mass is 10.1. The molecule has 0 aromatic carbocycles. The predicted molar refractivity (Wildman–Crippen MR) is 94.5 cm³/mol. The van der Waals surface area contributed by atoms with Gasteiger partial charge in [0, 0.05) is 21.7 Å². The van der Waals surface area contributed by atoms with E-state index in [1.807, 2.05) is 26.0 Å². The molecule has 25 heavy (non-hydrogen) atoms. The highest BCUT2D eigenvalue weighted by Crippen LogP contribution is 2.33. The molecule has 0 bridgehead atoms. The quantitative estimate of drug-likeness (QED) is 0.500. The normalized spacial score (nSPS) is 10.8. The molecule has 6 nitrogen and oxygen atoms in total. The molecule has 0 radical (unpaired) electrons. The first-order valence-electron chi connectivity index (χ1n) is 7.89. The lowest BCUT2D eigenvalue weighted by molar-refractivity contribution is 0.0504. The summed E-state index contributed by atoms with van der Waals surface area (Å²) in [6.45, 7) is 6.01. The van der Waals surface area contributed by atoms with Gasteiger partial charge in [-0.2, -0.15) is 5.26 Å². The van der Waals surface area contributed by atoms with Gasteiger partial charge < -0.3 is 9.26 Å². The maximum absolute atomic E-state index is 12.5. The van der Waals surface area contributed by atoms with E-state index in [1.165, 1.54) is 4.88 Å². The van der Waals surface area contributed by atoms with Crippen LogP contribution >= 0.6 is 11.3 Å². The second-order valence-electron chi connectivity index (χ2n) is 5.73. The van der Waals surface area contributed by atoms with Crippen LogP contribution in [0.15, 0.2) is 16.7 Å². The second kappa shape index (κ2) is 7.03. The Balaban J connectivity index is 2.03. The van der Waals surface area contributed by atoms with Crippen molar-refractivity contribution in [2.24, 2.45) is 0 Å². The average molecular weight is 355 g/mol. The molecule has 3 aromatic heterocycles. The number of carbonyl (C=O) groups is 1. The van der Waals surface area contributed by atoms with Crippen LogP contribution in [0.25, 0.3) is 22.4 Å². The van der Waals surface area contributed by atoms with Crippen molar-refractivity contribution in [2.45, 2.75) is 33.6 Å². The van der Waals surface area contributed by atoms with Gasteiger partial charge in [0.05, 0.1) is 35.0 Å². The monoisotopic (exact) mass is 355 g/mol. The van der Waals surface area contributed by atoms with E-state index in [2.05, 4.69) is 10.1 Å². The van der Waals surface area contributed by atoms with Crippen LogP contribution in [-0.4, -0.2) is 22.7 Å². The van der Waals surface area contributed by atoms with Gasteiger partial charge in [-0.1, -0.05) is 5.16 Å². The zero-order valence-electron chi connectivity index (χ0n) is 14.3. The summed E-state index contributed by atoms with van der Waals surface area (Å²) in [5.41, 5.74) is 2.93. The summed E-state index contributed by atoms with van der Waals surface area (Å²) < 4.78 is 10.6. The molecular weight excluding hydrogens is 338 g/mol. The Morgan fingerprint density at radius 1 is 1.36 bits per heavy atom. The highest BCUT2D eigenvalue weighted by atomic mass is 32.1. The third-order valence-electron chi connectivity index (χ3n) is 3.82. The van der Waals surface area contributed by atoms with E-state index in [9.17, 15) is 4.79 Å². The van der Waals surface area contributed by atoms with Gasteiger partial charge in [0.1, 0.15) is 0 Å². The SMILES string of the molecule is Cc1cc(-c2cc(C(=O)OCCCC#N)c3c(C)noc3n2)c(C)s1. The molecule has 128 valence electrons. The first-order valence-corrected chi connectivity index (χ1v) is 8.71. The number of hydrogen-bond acceptors (Lipinski definition) is 7. The molecule has 0 fully saturated rings. The summed E-state index contributed by atoms with van der Waals surface area (Å²) in [5.74, 6) is -0.456. The van der Waals surface area contributed by atoms with E-state index in [-0.39, 0.29) is 6.61 Å². The van der Waals surface area contributed by atoms with Gasteiger partial charge in [-0.25, -0.2) is 9.78 Å². The first-order chi connectivity index (χ1) is 12.0. The number of rotatable bonds is 5. The number of carbonyl (C=O) groups excluding carboxylic acids is 1. The molecule has 0 atom stereocenters. The molecule has 0 saturated heterocycles. The molecule has 0 N–H and O–H groups in total. The molecule has 0 aliphatic rings. The molecule has 3 aromatic rings. The molecule has 3 heterocycles. The number of nitrogens with zero attached hydrogens (tertiary/aromatic N) is 3. The van der Waals surface area contributed by atoms with Gasteiger partial charge >= 0.3 is 5.97 Å². The Kier molecular flexibility index (Phi) is 4.81. The minimum absolute atomic E-state index is 0.201. The number of unbranched alkanes of at least 4 members (excludes halogenated alkanes) is 1. The maximum atomic E-state index is 12.5. The van der Waals surface area contributed by atoms with E-state index < -0.39 is 5.97 Å². The number of hydrogen-bond donors (Lipinski definition) is 0. The van der Waals surface area contributed by atoms with Crippen LogP contribution in [0, 0.1) is 32.1 Å². The Labute approximate surface area is 149 Å². The van der Waals surface area contributed by atoms with Gasteiger partial charge in [-0.15, -0.1) is 11.3 Å². The van der Waals surface area contributed by atoms with Crippen molar-refractivity contribution in [3.63, 3.8) is 0 Å². The number of thiophene rings is 1. The van der Waals surface area contributed by atoms with Gasteiger partial charge in [0.15, 0.2) is 0 Å². The van der Waals surface area contributed by atoms with E-state index in [1.54, 1.807) is 24.3 Å². The van der Waals surface area contributed by atoms with Crippen LogP contribution in [0.4, 0.5) is 0 Å². The van der Waals surface area contributed by atoms with Crippen molar-refractivity contribution in [3.8, 4) is 17.3 Å². The molecule has 3 rings (SSSR count). The Bertz CT molecular complexity index is 982. The minimum Gasteiger partial charge on any atom is -0.462 e. The number of aryl methyl sites for hydroxylation is 3. The molecule has 0 aliphatic heterocycles. The lowest BCUT2D eigenvalue weighted by Gasteiger charge is -2.07. The maximum Gasteiger partial charge on any atom is 0.339 e. The number of ether oxygens (including phenoxy) is 1. The van der Waals surface area contributed by atoms with Crippen molar-refractivity contribution in [1.29, 1.82) is 5.26 Å². The van der Waals surface area contributed by atoms with Crippen molar-refractivity contribution >= 4 is 28.4 Å². The zero-order chi connectivity index (χ0) is 18.0. The second-order valence-corrected chi connectivity index (χ2v) is 7.19. The van der Waals surface area contributed by atoms with E-state index >= 15 is 0 Å². The van der Waals surface area contributed by atoms with Gasteiger partial charge in [0.2, 0.25) is 0 Å². The first kappa shape index (κ1) is 17.1. The third-order valence-corrected chi connectivity index (χ3v) is 4.79. The molecule has 0 spiro atoms. The van der Waals surface area contributed by atoms with Crippen molar-refractivity contribution in [2.75, 3.05) is 6.61 Å². The van der Waals surface area contributed by atoms with Crippen LogP contribution < -0.4 is 0 Å². The van der Waals surface area contributed by atoms with Crippen LogP contribution in [-0.2, 0) is 4.74 Å². The van der Waals surface area contributed by atoms with E-state index in [0.717, 1.165) is 10.4 Å². The number of pyridine rings is 1. The van der Waals surface area contributed by atoms with Crippen LogP contribution in [0.5, 0.6) is 0 Å². The molecule has 0 saturated carbocycles. The fourth-order valence-corrected chi connectivity index (χ4v) is 3.61. The summed E-state index contributed by atoms with van der Waals surface area (Å²) in [5, 5.41) is 13.1. The molecule has 0 unspecified atom stereocenters. The number of fused-ring (bicyclic) bond motifs is 1. The van der Waals surface area contributed by atoms with Gasteiger partial charge in [-0.05, 0) is 39.3 Å². The number of nitriles is 1. The molecule has 0 amide bonds. The van der Waals surface area contributed by atoms with Crippen molar-refractivity contribution < 1.29 is 14.1 Å². The zero-order valence-corrected chi connectivity index (χ0v) is 15.1. The fourth-order valence-electron chi connectivity index (χ4n) is 2.67. The summed E-state index contributed by atoms with van der Waals surface area (Å²) in [7, 11) is 0. The summed E-state index contributed by atoms with van der Waals surface area (Å²) >= 11 is 1.68. The summed E-state index contributed by atoms with van der Waals surface area (Å²) in [6.07, 6.45) is 0.860. The van der Waals surface area contributed by atoms with Crippen molar-refractivity contribution in [1.82, 2.24) is 10.1 Å². The molecular formula is C18H17N3O3S. The average Bonchev–Trinajstić information content (AvgIpc) is 3.12. The Hall–Kier alpha value is -2.72. The highest BCUT2D eigenvalue weighted by Gasteiger charge is 2.21. The predicted octanol–water partition coefficient (Wildman–Crippen LogP) is 4.34. The highest BCUT2D eigenvalue weighted by molar-refractivity contribution is 7.12. The summed E-state index contributed by atoms with van der Waals surface area (Å²) in [6, 6.07) is 5.80. The standard InChI is InChI=1S/C18H17N3O3S/c1-10-8-13(12(3)25-10)15-9-14(18(22)23-7-5-4-6-19)16-11(2)21-24-17(16)20-15/h8-9H,4-5,7H2,1-3H3. The van der Waals surface area contributed by atoms with Crippen LogP contribution in [0.3, 0.4) is 0 Å². The largest absolute Gasteiger partial charge is 0.462 e. The van der Waals surface area contributed by atoms with Crippen LogP contribution in [0.2, 0.25) is 0 Å². The lowest BCUT2D eigenvalue weighted by Crippen LogP contribution is -2.08. The van der Waals surface area contributed by atoms with Crippen molar-refractivity contribution in [3.05, 3.63) is 33.1 Å². The minimum atomic E-state index is -0.456. The van der Waals surface area contributed by atoms with E-state index in [0.29, 0.717) is 40.9 Å². The summed E-state index contributed by atoms with van der Waals surface area (Å²) in [4.78, 5) is 19.4. The Morgan fingerprint density at radius 2 is 2.16 bits per heavy atom. The van der Waals surface area contributed by atoms with Gasteiger partial charge in [-0.3, -0.25) is 0 Å². The molecule has 0 aliphatic carbocycles. The van der Waals surface area contributed by atoms with Gasteiger partial charge in [0.25, 0.3) is 5.71 Å². The fraction of sp³-hybridized carbons (Fsp3) is 0.333. The number of esters is 1. The smallest absolute Gasteiger partial charge is 0.339 e. The number of aromatic nitrogens is 2.